The summed E-state index contributed by atoms with van der Waals surface area (Å²) in [4.78, 5) is 12.3. The molecule has 0 spiro atoms. The number of anilines is 1. The molecule has 22 heavy (non-hydrogen) atoms. The molecule has 1 amide bonds. The van der Waals surface area contributed by atoms with Gasteiger partial charge in [0.15, 0.2) is 0 Å². The lowest BCUT2D eigenvalue weighted by molar-refractivity contribution is -0.119. The van der Waals surface area contributed by atoms with Gasteiger partial charge in [0.25, 0.3) is 0 Å². The quantitative estimate of drug-likeness (QED) is 0.848. The van der Waals surface area contributed by atoms with E-state index in [1.807, 2.05) is 0 Å². The van der Waals surface area contributed by atoms with E-state index in [9.17, 15) is 13.2 Å². The van der Waals surface area contributed by atoms with Crippen LogP contribution in [0.4, 0.5) is 5.13 Å². The summed E-state index contributed by atoms with van der Waals surface area (Å²) in [5, 5.41) is 12.2. The molecular formula is C13H22N4O3S2. The lowest BCUT2D eigenvalue weighted by Crippen LogP contribution is -2.42. The zero-order valence-corrected chi connectivity index (χ0v) is 14.7. The second-order valence-electron chi connectivity index (χ2n) is 5.48. The first kappa shape index (κ1) is 17.3. The third kappa shape index (κ3) is 3.82. The summed E-state index contributed by atoms with van der Waals surface area (Å²) in [5.74, 6) is 0.0253. The van der Waals surface area contributed by atoms with Gasteiger partial charge >= 0.3 is 0 Å². The number of sulfonamides is 1. The van der Waals surface area contributed by atoms with E-state index in [0.29, 0.717) is 30.4 Å². The summed E-state index contributed by atoms with van der Waals surface area (Å²) < 4.78 is 24.6. The van der Waals surface area contributed by atoms with Crippen molar-refractivity contribution in [3.8, 4) is 0 Å². The summed E-state index contributed by atoms with van der Waals surface area (Å²) in [7, 11) is -3.37. The maximum absolute atomic E-state index is 12.3. The molecule has 124 valence electrons. The van der Waals surface area contributed by atoms with Gasteiger partial charge in [0.05, 0.1) is 6.26 Å². The Balaban J connectivity index is 2.06. The van der Waals surface area contributed by atoms with Crippen LogP contribution in [-0.4, -0.2) is 47.7 Å². The van der Waals surface area contributed by atoms with Crippen molar-refractivity contribution in [1.82, 2.24) is 14.5 Å². The van der Waals surface area contributed by atoms with Crippen LogP contribution in [0.5, 0.6) is 0 Å². The molecule has 7 nitrogen and oxygen atoms in total. The summed E-state index contributed by atoms with van der Waals surface area (Å²) in [6.45, 7) is 4.58. The number of hydrogen-bond donors (Lipinski definition) is 1. The molecule has 0 aromatic carbocycles. The third-order valence-electron chi connectivity index (χ3n) is 3.94. The van der Waals surface area contributed by atoms with Crippen LogP contribution < -0.4 is 5.32 Å². The van der Waals surface area contributed by atoms with Crippen molar-refractivity contribution >= 4 is 32.4 Å². The van der Waals surface area contributed by atoms with Crippen LogP contribution in [0, 0.1) is 0 Å². The summed E-state index contributed by atoms with van der Waals surface area (Å²) in [6, 6.07) is -0.643. The highest BCUT2D eigenvalue weighted by Gasteiger charge is 2.36. The van der Waals surface area contributed by atoms with E-state index in [0.717, 1.165) is 24.1 Å². The Morgan fingerprint density at radius 2 is 2.09 bits per heavy atom. The van der Waals surface area contributed by atoms with Crippen LogP contribution in [0.3, 0.4) is 0 Å². The Morgan fingerprint density at radius 1 is 1.41 bits per heavy atom. The number of aromatic nitrogens is 2. The molecule has 0 radical (unpaired) electrons. The van der Waals surface area contributed by atoms with E-state index in [1.54, 1.807) is 0 Å². The van der Waals surface area contributed by atoms with Gasteiger partial charge in [0, 0.05) is 12.5 Å². The Hall–Kier alpha value is -1.06. The van der Waals surface area contributed by atoms with E-state index in [1.165, 1.54) is 15.6 Å². The minimum absolute atomic E-state index is 0.324. The number of hydrogen-bond acceptors (Lipinski definition) is 6. The van der Waals surface area contributed by atoms with Gasteiger partial charge in [-0.3, -0.25) is 10.1 Å². The van der Waals surface area contributed by atoms with Crippen molar-refractivity contribution < 1.29 is 13.2 Å². The number of nitrogens with zero attached hydrogens (tertiary/aromatic N) is 3. The fourth-order valence-corrected chi connectivity index (χ4v) is 4.81. The summed E-state index contributed by atoms with van der Waals surface area (Å²) in [5.41, 5.74) is 0. The second kappa shape index (κ2) is 7.01. The van der Waals surface area contributed by atoms with Gasteiger partial charge in [-0.1, -0.05) is 25.2 Å². The molecule has 0 unspecified atom stereocenters. The van der Waals surface area contributed by atoms with E-state index >= 15 is 0 Å². The van der Waals surface area contributed by atoms with Crippen molar-refractivity contribution in [2.45, 2.75) is 51.5 Å². The van der Waals surface area contributed by atoms with Crippen LogP contribution in [0.25, 0.3) is 0 Å². The van der Waals surface area contributed by atoms with Gasteiger partial charge in [-0.2, -0.15) is 4.31 Å². The molecule has 2 heterocycles. The monoisotopic (exact) mass is 346 g/mol. The molecule has 1 saturated heterocycles. The van der Waals surface area contributed by atoms with Crippen molar-refractivity contribution in [3.63, 3.8) is 0 Å². The molecule has 1 aliphatic rings. The third-order valence-corrected chi connectivity index (χ3v) is 6.23. The van der Waals surface area contributed by atoms with Crippen LogP contribution in [-0.2, 0) is 14.8 Å². The summed E-state index contributed by atoms with van der Waals surface area (Å²) in [6.07, 6.45) is 4.32. The number of carbonyl (C=O) groups is 1. The number of rotatable bonds is 6. The molecule has 0 bridgehead atoms. The minimum Gasteiger partial charge on any atom is -0.299 e. The lowest BCUT2D eigenvalue weighted by atomic mass is 10.1. The van der Waals surface area contributed by atoms with Gasteiger partial charge in [0.1, 0.15) is 11.0 Å². The summed E-state index contributed by atoms with van der Waals surface area (Å²) >= 11 is 1.36. The van der Waals surface area contributed by atoms with Crippen molar-refractivity contribution in [1.29, 1.82) is 0 Å². The molecule has 1 atom stereocenters. The zero-order chi connectivity index (χ0) is 16.3. The molecule has 1 aromatic rings. The first-order valence-corrected chi connectivity index (χ1v) is 10.1. The maximum atomic E-state index is 12.3. The van der Waals surface area contributed by atoms with E-state index in [2.05, 4.69) is 29.4 Å². The molecule has 1 fully saturated rings. The SMILES string of the molecule is CCC(CC)c1nnc(NC(=O)[C@H]2CCCN2S(C)(=O)=O)s1. The Kier molecular flexibility index (Phi) is 5.51. The van der Waals surface area contributed by atoms with Gasteiger partial charge < -0.3 is 0 Å². The van der Waals surface area contributed by atoms with Crippen LogP contribution in [0.15, 0.2) is 0 Å². The predicted molar refractivity (Wildman–Crippen MR) is 86.4 cm³/mol. The average molecular weight is 346 g/mol. The smallest absolute Gasteiger partial charge is 0.244 e. The molecule has 2 rings (SSSR count). The van der Waals surface area contributed by atoms with Crippen LogP contribution in [0.2, 0.25) is 0 Å². The Labute approximate surface area is 135 Å². The van der Waals surface area contributed by atoms with Crippen LogP contribution in [0.1, 0.15) is 50.5 Å². The number of amides is 1. The molecule has 0 aliphatic carbocycles. The standard InChI is InChI=1S/C13H22N4O3S2/c1-4-9(5-2)12-15-16-13(21-12)14-11(18)10-7-6-8-17(10)22(3,19)20/h9-10H,4-8H2,1-3H3,(H,14,16,18)/t10-/m1/s1. The minimum atomic E-state index is -3.37. The molecule has 1 aromatic heterocycles. The van der Waals surface area contributed by atoms with Crippen molar-refractivity contribution in [3.05, 3.63) is 5.01 Å². The Bertz CT molecular complexity index is 625. The van der Waals surface area contributed by atoms with Gasteiger partial charge in [-0.05, 0) is 25.7 Å². The fourth-order valence-electron chi connectivity index (χ4n) is 2.68. The fraction of sp³-hybridized carbons (Fsp3) is 0.769. The van der Waals surface area contributed by atoms with E-state index in [-0.39, 0.29) is 5.91 Å². The highest BCUT2D eigenvalue weighted by molar-refractivity contribution is 7.88. The van der Waals surface area contributed by atoms with Gasteiger partial charge in [0.2, 0.25) is 21.1 Å². The molecule has 1 aliphatic heterocycles. The number of carbonyl (C=O) groups excluding carboxylic acids is 1. The molecule has 9 heteroatoms. The normalized spacial score (nSPS) is 19.7. The van der Waals surface area contributed by atoms with Crippen molar-refractivity contribution in [2.24, 2.45) is 0 Å². The zero-order valence-electron chi connectivity index (χ0n) is 13.1. The maximum Gasteiger partial charge on any atom is 0.244 e. The Morgan fingerprint density at radius 3 is 2.68 bits per heavy atom. The van der Waals surface area contributed by atoms with Gasteiger partial charge in [-0.25, -0.2) is 8.42 Å². The van der Waals surface area contributed by atoms with E-state index < -0.39 is 16.1 Å². The van der Waals surface area contributed by atoms with Crippen molar-refractivity contribution in [2.75, 3.05) is 18.1 Å². The van der Waals surface area contributed by atoms with E-state index in [4.69, 9.17) is 0 Å². The van der Waals surface area contributed by atoms with Gasteiger partial charge in [-0.15, -0.1) is 10.2 Å². The highest BCUT2D eigenvalue weighted by Crippen LogP contribution is 2.29. The molecule has 1 N–H and O–H groups in total. The molecular weight excluding hydrogens is 324 g/mol. The first-order valence-electron chi connectivity index (χ1n) is 7.47. The lowest BCUT2D eigenvalue weighted by Gasteiger charge is -2.20. The largest absolute Gasteiger partial charge is 0.299 e. The second-order valence-corrected chi connectivity index (χ2v) is 8.42. The van der Waals surface area contributed by atoms with Crippen LogP contribution >= 0.6 is 11.3 Å². The topological polar surface area (TPSA) is 92.3 Å². The predicted octanol–water partition coefficient (Wildman–Crippen LogP) is 1.80. The number of nitrogens with one attached hydrogen (secondary N) is 1. The highest BCUT2D eigenvalue weighted by atomic mass is 32.2. The average Bonchev–Trinajstić information content (AvgIpc) is 3.08. The first-order chi connectivity index (χ1) is 10.4. The molecule has 0 saturated carbocycles.